The Hall–Kier alpha value is -1.25. The Kier molecular flexibility index (Phi) is 2.27. The molecule has 82 valence electrons. The molecule has 2 N–H and O–H groups in total. The first-order valence-electron chi connectivity index (χ1n) is 5.37. The van der Waals surface area contributed by atoms with Gasteiger partial charge in [0.25, 0.3) is 0 Å². The zero-order valence-corrected chi connectivity index (χ0v) is 9.46. The lowest BCUT2D eigenvalue weighted by Crippen LogP contribution is -2.19. The molecular weight excluding hydrogens is 222 g/mol. The molecule has 0 aliphatic carbocycles. The summed E-state index contributed by atoms with van der Waals surface area (Å²) >= 11 is 6.24. The molecule has 2 aromatic carbocycles. The van der Waals surface area contributed by atoms with Crippen molar-refractivity contribution in [2.45, 2.75) is 12.5 Å². The zero-order chi connectivity index (χ0) is 11.1. The molecule has 0 amide bonds. The summed E-state index contributed by atoms with van der Waals surface area (Å²) in [5.41, 5.74) is 2.32. The number of aliphatic hydroxyl groups excluding tert-OH is 1. The Bertz CT molecular complexity index is 553. The van der Waals surface area contributed by atoms with Gasteiger partial charge in [-0.25, -0.2) is 0 Å². The number of rotatable bonds is 1. The molecule has 0 saturated heterocycles. The fourth-order valence-electron chi connectivity index (χ4n) is 2.35. The smallest absolute Gasteiger partial charge is 0.0636 e. The van der Waals surface area contributed by atoms with Gasteiger partial charge in [-0.1, -0.05) is 35.9 Å². The van der Waals surface area contributed by atoms with Crippen LogP contribution in [-0.2, 0) is 6.42 Å². The number of anilines is 1. The minimum absolute atomic E-state index is 0.122. The van der Waals surface area contributed by atoms with E-state index in [4.69, 9.17) is 11.6 Å². The summed E-state index contributed by atoms with van der Waals surface area (Å²) in [6.07, 6.45) is 0.844. The Morgan fingerprint density at radius 1 is 1.31 bits per heavy atom. The highest BCUT2D eigenvalue weighted by Crippen LogP contribution is 2.37. The number of hydrogen-bond acceptors (Lipinski definition) is 2. The summed E-state index contributed by atoms with van der Waals surface area (Å²) in [4.78, 5) is 0. The maximum Gasteiger partial charge on any atom is 0.0636 e. The highest BCUT2D eigenvalue weighted by Gasteiger charge is 2.22. The van der Waals surface area contributed by atoms with Gasteiger partial charge in [-0.2, -0.15) is 0 Å². The van der Waals surface area contributed by atoms with Crippen LogP contribution in [0.1, 0.15) is 5.56 Å². The lowest BCUT2D eigenvalue weighted by atomic mass is 10.0. The van der Waals surface area contributed by atoms with Crippen LogP contribution in [0.5, 0.6) is 0 Å². The fourth-order valence-corrected chi connectivity index (χ4v) is 2.64. The average molecular weight is 234 g/mol. The van der Waals surface area contributed by atoms with E-state index in [-0.39, 0.29) is 12.6 Å². The minimum atomic E-state index is 0.122. The van der Waals surface area contributed by atoms with Crippen LogP contribution in [0.4, 0.5) is 5.69 Å². The van der Waals surface area contributed by atoms with E-state index in [1.165, 1.54) is 5.56 Å². The van der Waals surface area contributed by atoms with Crippen molar-refractivity contribution in [3.05, 3.63) is 40.9 Å². The molecule has 3 heteroatoms. The SMILES string of the molecule is OCC1Cc2cc(Cl)c3ccccc3c2N1. The van der Waals surface area contributed by atoms with Crippen molar-refractivity contribution in [1.29, 1.82) is 0 Å². The standard InChI is InChI=1S/C13H12ClNO/c14-12-6-8-5-9(7-16)15-13(8)11-4-2-1-3-10(11)12/h1-4,6,9,15-16H,5,7H2. The van der Waals surface area contributed by atoms with Crippen LogP contribution in [-0.4, -0.2) is 17.8 Å². The van der Waals surface area contributed by atoms with Gasteiger partial charge in [-0.05, 0) is 18.1 Å². The van der Waals surface area contributed by atoms with E-state index < -0.39 is 0 Å². The van der Waals surface area contributed by atoms with E-state index in [0.717, 1.165) is 27.9 Å². The van der Waals surface area contributed by atoms with Crippen LogP contribution in [0.25, 0.3) is 10.8 Å². The lowest BCUT2D eigenvalue weighted by molar-refractivity contribution is 0.277. The van der Waals surface area contributed by atoms with E-state index in [1.54, 1.807) is 0 Å². The zero-order valence-electron chi connectivity index (χ0n) is 8.70. The molecule has 0 aromatic heterocycles. The molecule has 3 rings (SSSR count). The molecule has 1 aliphatic rings. The molecule has 1 unspecified atom stereocenters. The van der Waals surface area contributed by atoms with Crippen LogP contribution < -0.4 is 5.32 Å². The van der Waals surface area contributed by atoms with Crippen molar-refractivity contribution in [2.24, 2.45) is 0 Å². The maximum absolute atomic E-state index is 9.18. The monoisotopic (exact) mass is 233 g/mol. The fraction of sp³-hybridized carbons (Fsp3) is 0.231. The lowest BCUT2D eigenvalue weighted by Gasteiger charge is -2.09. The average Bonchev–Trinajstić information content (AvgIpc) is 2.72. The van der Waals surface area contributed by atoms with E-state index in [0.29, 0.717) is 0 Å². The van der Waals surface area contributed by atoms with Gasteiger partial charge < -0.3 is 10.4 Å². The van der Waals surface area contributed by atoms with Crippen LogP contribution >= 0.6 is 11.6 Å². The number of benzene rings is 2. The summed E-state index contributed by atoms with van der Waals surface area (Å²) in [5, 5.41) is 15.5. The molecule has 1 atom stereocenters. The predicted octanol–water partition coefficient (Wildman–Crippen LogP) is 2.82. The molecule has 0 radical (unpaired) electrons. The molecule has 0 bridgehead atoms. The number of aliphatic hydroxyl groups is 1. The Balaban J connectivity index is 2.26. The Morgan fingerprint density at radius 2 is 2.06 bits per heavy atom. The quantitative estimate of drug-likeness (QED) is 0.794. The minimum Gasteiger partial charge on any atom is -0.394 e. The van der Waals surface area contributed by atoms with Gasteiger partial charge in [-0.15, -0.1) is 0 Å². The van der Waals surface area contributed by atoms with Gasteiger partial charge in [0.05, 0.1) is 12.6 Å². The second kappa shape index (κ2) is 3.65. The summed E-state index contributed by atoms with van der Waals surface area (Å²) in [5.74, 6) is 0. The summed E-state index contributed by atoms with van der Waals surface area (Å²) < 4.78 is 0. The topological polar surface area (TPSA) is 32.3 Å². The van der Waals surface area contributed by atoms with Crippen LogP contribution in [0, 0.1) is 0 Å². The van der Waals surface area contributed by atoms with E-state index in [9.17, 15) is 5.11 Å². The molecule has 0 fully saturated rings. The molecule has 1 heterocycles. The number of nitrogens with one attached hydrogen (secondary N) is 1. The third kappa shape index (κ3) is 1.38. The number of fused-ring (bicyclic) bond motifs is 3. The van der Waals surface area contributed by atoms with Crippen molar-refractivity contribution in [2.75, 3.05) is 11.9 Å². The van der Waals surface area contributed by atoms with Crippen LogP contribution in [0.15, 0.2) is 30.3 Å². The summed E-state index contributed by atoms with van der Waals surface area (Å²) in [6, 6.07) is 10.2. The molecule has 0 saturated carbocycles. The van der Waals surface area contributed by atoms with E-state index in [1.807, 2.05) is 24.3 Å². The van der Waals surface area contributed by atoms with Gasteiger partial charge in [0.15, 0.2) is 0 Å². The van der Waals surface area contributed by atoms with Crippen LogP contribution in [0.3, 0.4) is 0 Å². The molecular formula is C13H12ClNO. The molecule has 1 aliphatic heterocycles. The summed E-state index contributed by atoms with van der Waals surface area (Å²) in [6.45, 7) is 0.153. The van der Waals surface area contributed by atoms with Crippen molar-refractivity contribution in [1.82, 2.24) is 0 Å². The van der Waals surface area contributed by atoms with Crippen molar-refractivity contribution >= 4 is 28.1 Å². The van der Waals surface area contributed by atoms with Gasteiger partial charge in [0, 0.05) is 21.5 Å². The maximum atomic E-state index is 9.18. The Morgan fingerprint density at radius 3 is 2.81 bits per heavy atom. The predicted molar refractivity (Wildman–Crippen MR) is 67.2 cm³/mol. The van der Waals surface area contributed by atoms with E-state index >= 15 is 0 Å². The number of hydrogen-bond donors (Lipinski definition) is 2. The third-order valence-electron chi connectivity index (χ3n) is 3.11. The first-order valence-corrected chi connectivity index (χ1v) is 5.75. The Labute approximate surface area is 98.8 Å². The largest absolute Gasteiger partial charge is 0.394 e. The summed E-state index contributed by atoms with van der Waals surface area (Å²) in [7, 11) is 0. The third-order valence-corrected chi connectivity index (χ3v) is 3.42. The molecule has 2 nitrogen and oxygen atoms in total. The first kappa shape index (κ1) is 9.94. The molecule has 2 aromatic rings. The molecule has 0 spiro atoms. The van der Waals surface area contributed by atoms with Gasteiger partial charge in [0.1, 0.15) is 0 Å². The van der Waals surface area contributed by atoms with Gasteiger partial charge in [0.2, 0.25) is 0 Å². The van der Waals surface area contributed by atoms with Crippen molar-refractivity contribution in [3.8, 4) is 0 Å². The number of halogens is 1. The normalized spacial score (nSPS) is 18.5. The van der Waals surface area contributed by atoms with E-state index in [2.05, 4.69) is 11.4 Å². The van der Waals surface area contributed by atoms with Crippen molar-refractivity contribution in [3.63, 3.8) is 0 Å². The first-order chi connectivity index (χ1) is 7.79. The second-order valence-corrected chi connectivity index (χ2v) is 4.57. The molecule has 16 heavy (non-hydrogen) atoms. The van der Waals surface area contributed by atoms with Gasteiger partial charge >= 0.3 is 0 Å². The van der Waals surface area contributed by atoms with Crippen molar-refractivity contribution < 1.29 is 5.11 Å². The highest BCUT2D eigenvalue weighted by atomic mass is 35.5. The highest BCUT2D eigenvalue weighted by molar-refractivity contribution is 6.36. The van der Waals surface area contributed by atoms with Gasteiger partial charge in [-0.3, -0.25) is 0 Å². The second-order valence-electron chi connectivity index (χ2n) is 4.17. The van der Waals surface area contributed by atoms with Crippen LogP contribution in [0.2, 0.25) is 5.02 Å².